The maximum Gasteiger partial charge on any atom is 0.311 e. The number of phenolic OH excluding ortho intramolecular Hbond substituents is 1. The van der Waals surface area contributed by atoms with Crippen molar-refractivity contribution in [2.45, 2.75) is 65.0 Å². The number of fused-ring (bicyclic) bond motifs is 3. The molecule has 2 heterocycles. The van der Waals surface area contributed by atoms with E-state index in [0.29, 0.717) is 11.7 Å². The normalized spacial score (nSPS) is 37.4. The number of carbonyl (C=O) groups excluding carboxylic acids is 1. The molecule has 0 amide bonds. The van der Waals surface area contributed by atoms with Crippen molar-refractivity contribution in [3.05, 3.63) is 34.9 Å². The van der Waals surface area contributed by atoms with Crippen molar-refractivity contribution >= 4 is 5.97 Å². The van der Waals surface area contributed by atoms with Crippen LogP contribution in [0.3, 0.4) is 0 Å². The molecule has 168 valence electrons. The Kier molecular flexibility index (Phi) is 5.08. The van der Waals surface area contributed by atoms with Crippen LogP contribution in [0.15, 0.2) is 23.8 Å². The molecule has 31 heavy (non-hydrogen) atoms. The quantitative estimate of drug-likeness (QED) is 0.565. The summed E-state index contributed by atoms with van der Waals surface area (Å²) >= 11 is 0. The van der Waals surface area contributed by atoms with Crippen LogP contribution >= 0.6 is 0 Å². The topological polar surface area (TPSA) is 59.0 Å². The van der Waals surface area contributed by atoms with E-state index in [1.54, 1.807) is 12.7 Å². The lowest BCUT2D eigenvalue weighted by atomic mass is 9.59. The molecule has 1 saturated heterocycles. The molecule has 1 aromatic carbocycles. The molecule has 1 aromatic rings. The Hall–Kier alpha value is -2.01. The molecule has 4 aliphatic rings. The van der Waals surface area contributed by atoms with Crippen molar-refractivity contribution in [3.63, 3.8) is 0 Å². The fourth-order valence-corrected chi connectivity index (χ4v) is 6.81. The summed E-state index contributed by atoms with van der Waals surface area (Å²) in [7, 11) is 1.58. The Morgan fingerprint density at radius 3 is 2.90 bits per heavy atom. The zero-order chi connectivity index (χ0) is 21.9. The van der Waals surface area contributed by atoms with Gasteiger partial charge in [-0.2, -0.15) is 0 Å². The van der Waals surface area contributed by atoms with Crippen LogP contribution in [-0.4, -0.2) is 42.3 Å². The molecule has 2 fully saturated rings. The minimum absolute atomic E-state index is 0.0250. The van der Waals surface area contributed by atoms with Gasteiger partial charge in [-0.05, 0) is 67.2 Å². The molecular weight excluding hydrogens is 390 g/mol. The van der Waals surface area contributed by atoms with E-state index in [4.69, 9.17) is 9.47 Å². The number of aromatic hydroxyl groups is 1. The summed E-state index contributed by atoms with van der Waals surface area (Å²) in [6.07, 6.45) is 8.05. The van der Waals surface area contributed by atoms with Crippen molar-refractivity contribution in [1.29, 1.82) is 0 Å². The van der Waals surface area contributed by atoms with Crippen molar-refractivity contribution in [3.8, 4) is 11.5 Å². The Balaban J connectivity index is 1.40. The average Bonchev–Trinajstić information content (AvgIpc) is 3.02. The van der Waals surface area contributed by atoms with Gasteiger partial charge in [0, 0.05) is 25.0 Å². The second-order valence-corrected chi connectivity index (χ2v) is 10.5. The monoisotopic (exact) mass is 425 g/mol. The summed E-state index contributed by atoms with van der Waals surface area (Å²) in [4.78, 5) is 15.4. The maximum atomic E-state index is 13.0. The molecule has 6 atom stereocenters. The Bertz CT molecular complexity index is 924. The van der Waals surface area contributed by atoms with Crippen LogP contribution in [0.5, 0.6) is 11.5 Å². The minimum Gasteiger partial charge on any atom is -0.504 e. The first-order valence-electron chi connectivity index (χ1n) is 11.9. The second kappa shape index (κ2) is 7.54. The first kappa shape index (κ1) is 20.9. The summed E-state index contributed by atoms with van der Waals surface area (Å²) in [5.74, 6) is 1.39. The molecule has 2 aliphatic carbocycles. The van der Waals surface area contributed by atoms with Gasteiger partial charge in [-0.25, -0.2) is 0 Å². The molecule has 5 nitrogen and oxygen atoms in total. The van der Waals surface area contributed by atoms with Crippen LogP contribution < -0.4 is 4.74 Å². The predicted octanol–water partition coefficient (Wildman–Crippen LogP) is 4.63. The van der Waals surface area contributed by atoms with Gasteiger partial charge < -0.3 is 14.6 Å². The van der Waals surface area contributed by atoms with Crippen molar-refractivity contribution in [1.82, 2.24) is 4.90 Å². The number of benzene rings is 1. The lowest BCUT2D eigenvalue weighted by molar-refractivity contribution is -0.145. The van der Waals surface area contributed by atoms with Crippen molar-refractivity contribution in [2.24, 2.45) is 23.2 Å². The second-order valence-electron chi connectivity index (χ2n) is 10.5. The highest BCUT2D eigenvalue weighted by Gasteiger charge is 2.52. The van der Waals surface area contributed by atoms with E-state index >= 15 is 0 Å². The number of phenols is 1. The smallest absolute Gasteiger partial charge is 0.311 e. The number of allylic oxidation sites excluding steroid dienone is 1. The standard InChI is InChI=1S/C26H35NO4/c1-15-6-5-8-26(3)13-24-19(11-21(15)26)20(25(29)31-24)14-27-9-7-17-10-22(28)23(30-4)12-18(17)16(27)2/h10-12,15-16,19-20,24,28H,5-9,13-14H2,1-4H3/t15-,16-,19-,20?,24-,26+/m1/s1. The first-order chi connectivity index (χ1) is 14.8. The van der Waals surface area contributed by atoms with Gasteiger partial charge in [-0.1, -0.05) is 31.9 Å². The number of hydrogen-bond donors (Lipinski definition) is 1. The van der Waals surface area contributed by atoms with Crippen LogP contribution in [0.4, 0.5) is 0 Å². The molecule has 1 saturated carbocycles. The molecule has 2 aliphatic heterocycles. The molecule has 0 aromatic heterocycles. The lowest BCUT2D eigenvalue weighted by Crippen LogP contribution is -2.42. The van der Waals surface area contributed by atoms with E-state index in [0.717, 1.165) is 25.9 Å². The minimum atomic E-state index is -0.0980. The third kappa shape index (κ3) is 3.36. The molecule has 0 radical (unpaired) electrons. The molecule has 1 N–H and O–H groups in total. The van der Waals surface area contributed by atoms with Crippen LogP contribution in [-0.2, 0) is 16.0 Å². The number of hydrogen-bond acceptors (Lipinski definition) is 5. The summed E-state index contributed by atoms with van der Waals surface area (Å²) in [6, 6.07) is 3.95. The van der Waals surface area contributed by atoms with Crippen LogP contribution in [0.1, 0.15) is 63.6 Å². The Labute approximate surface area is 185 Å². The summed E-state index contributed by atoms with van der Waals surface area (Å²) in [5, 5.41) is 10.1. The van der Waals surface area contributed by atoms with Gasteiger partial charge in [0.15, 0.2) is 11.5 Å². The highest BCUT2D eigenvalue weighted by Crippen LogP contribution is 2.54. The average molecular weight is 426 g/mol. The molecular formula is C26H35NO4. The summed E-state index contributed by atoms with van der Waals surface area (Å²) in [6.45, 7) is 8.51. The van der Waals surface area contributed by atoms with E-state index in [2.05, 4.69) is 31.7 Å². The van der Waals surface area contributed by atoms with Crippen molar-refractivity contribution < 1.29 is 19.4 Å². The Morgan fingerprint density at radius 1 is 1.32 bits per heavy atom. The van der Waals surface area contributed by atoms with Crippen LogP contribution in [0.2, 0.25) is 0 Å². The largest absolute Gasteiger partial charge is 0.504 e. The van der Waals surface area contributed by atoms with E-state index in [1.165, 1.54) is 30.4 Å². The summed E-state index contributed by atoms with van der Waals surface area (Å²) in [5.41, 5.74) is 4.12. The van der Waals surface area contributed by atoms with Gasteiger partial charge in [-0.3, -0.25) is 9.69 Å². The van der Waals surface area contributed by atoms with Gasteiger partial charge in [0.05, 0.1) is 13.0 Å². The predicted molar refractivity (Wildman–Crippen MR) is 119 cm³/mol. The van der Waals surface area contributed by atoms with Gasteiger partial charge in [0.25, 0.3) is 0 Å². The molecule has 0 bridgehead atoms. The van der Waals surface area contributed by atoms with Gasteiger partial charge in [-0.15, -0.1) is 0 Å². The number of esters is 1. The summed E-state index contributed by atoms with van der Waals surface area (Å²) < 4.78 is 11.3. The van der Waals surface area contributed by atoms with Crippen LogP contribution in [0.25, 0.3) is 0 Å². The fourth-order valence-electron chi connectivity index (χ4n) is 6.81. The zero-order valence-electron chi connectivity index (χ0n) is 19.2. The molecule has 5 rings (SSSR count). The number of nitrogens with zero attached hydrogens (tertiary/aromatic N) is 1. The van der Waals surface area contributed by atoms with Crippen molar-refractivity contribution in [2.75, 3.05) is 20.2 Å². The Morgan fingerprint density at radius 2 is 2.13 bits per heavy atom. The van der Waals surface area contributed by atoms with Gasteiger partial charge in [0.1, 0.15) is 6.10 Å². The molecule has 5 heteroatoms. The zero-order valence-corrected chi connectivity index (χ0v) is 19.2. The molecule has 1 unspecified atom stereocenters. The van der Waals surface area contributed by atoms with Gasteiger partial charge >= 0.3 is 5.97 Å². The highest BCUT2D eigenvalue weighted by atomic mass is 16.6. The fraction of sp³-hybridized carbons (Fsp3) is 0.654. The van der Waals surface area contributed by atoms with E-state index in [1.807, 2.05) is 12.1 Å². The highest BCUT2D eigenvalue weighted by molar-refractivity contribution is 5.76. The molecule has 0 spiro atoms. The van der Waals surface area contributed by atoms with Crippen LogP contribution in [0, 0.1) is 23.2 Å². The van der Waals surface area contributed by atoms with E-state index < -0.39 is 0 Å². The maximum absolute atomic E-state index is 13.0. The number of carbonyl (C=O) groups is 1. The number of methoxy groups -OCH3 is 1. The lowest BCUT2D eigenvalue weighted by Gasteiger charge is -2.46. The van der Waals surface area contributed by atoms with E-state index in [9.17, 15) is 9.90 Å². The van der Waals surface area contributed by atoms with Gasteiger partial charge in [0.2, 0.25) is 0 Å². The van der Waals surface area contributed by atoms with E-state index in [-0.39, 0.29) is 41.1 Å². The number of rotatable bonds is 3. The third-order valence-electron chi connectivity index (χ3n) is 8.62. The third-order valence-corrected chi connectivity index (χ3v) is 8.62. The number of ether oxygens (including phenoxy) is 2. The first-order valence-corrected chi connectivity index (χ1v) is 11.9. The SMILES string of the molecule is COc1cc2c(cc1O)CCN(CC1C(=O)O[C@@H]3C[C@]4(C)CCC[C@@H](C)C4=C[C@H]13)[C@@H]2C.